The Hall–Kier alpha value is -1.87. The summed E-state index contributed by atoms with van der Waals surface area (Å²) in [4.78, 5) is 12.2. The fourth-order valence-corrected chi connectivity index (χ4v) is 2.03. The van der Waals surface area contributed by atoms with Crippen LogP contribution in [-0.2, 0) is 0 Å². The second kappa shape index (κ2) is 5.41. The Morgan fingerprint density at radius 3 is 2.53 bits per heavy atom. The summed E-state index contributed by atoms with van der Waals surface area (Å²) in [6, 6.07) is 9.13. The zero-order valence-corrected chi connectivity index (χ0v) is 11.3. The van der Waals surface area contributed by atoms with Crippen molar-refractivity contribution in [1.29, 1.82) is 0 Å². The van der Waals surface area contributed by atoms with Gasteiger partial charge in [-0.3, -0.25) is 4.79 Å². The number of carbonyl (C=O) groups excluding carboxylic acids is 1. The van der Waals surface area contributed by atoms with Crippen molar-refractivity contribution in [2.75, 3.05) is 7.11 Å². The lowest BCUT2D eigenvalue weighted by Gasteiger charge is -2.07. The molecular formula is C15H12ClFO2. The van der Waals surface area contributed by atoms with Gasteiger partial charge in [-0.05, 0) is 42.8 Å². The van der Waals surface area contributed by atoms with Gasteiger partial charge in [0.1, 0.15) is 11.6 Å². The van der Waals surface area contributed by atoms with Crippen LogP contribution in [0.5, 0.6) is 5.75 Å². The molecule has 0 heterocycles. The standard InChI is InChI=1S/C15H12ClFO2/c1-9-3-5-11(13(17)7-9)15(18)10-4-6-14(19-2)12(16)8-10/h3-8H,1-2H3. The van der Waals surface area contributed by atoms with Gasteiger partial charge in [-0.25, -0.2) is 4.39 Å². The van der Waals surface area contributed by atoms with E-state index in [4.69, 9.17) is 16.3 Å². The van der Waals surface area contributed by atoms with Gasteiger partial charge in [0.15, 0.2) is 5.78 Å². The first-order chi connectivity index (χ1) is 9.02. The second-order valence-electron chi connectivity index (χ2n) is 4.16. The summed E-state index contributed by atoms with van der Waals surface area (Å²) in [6.45, 7) is 1.77. The number of carbonyl (C=O) groups is 1. The molecule has 19 heavy (non-hydrogen) atoms. The molecule has 0 aromatic heterocycles. The summed E-state index contributed by atoms with van der Waals surface area (Å²) in [5.74, 6) is -0.457. The third kappa shape index (κ3) is 2.76. The summed E-state index contributed by atoms with van der Waals surface area (Å²) in [6.07, 6.45) is 0. The molecule has 0 radical (unpaired) electrons. The molecule has 0 spiro atoms. The molecule has 0 N–H and O–H groups in total. The van der Waals surface area contributed by atoms with E-state index in [1.165, 1.54) is 25.3 Å². The van der Waals surface area contributed by atoms with E-state index < -0.39 is 11.6 Å². The summed E-state index contributed by atoms with van der Waals surface area (Å²) in [5, 5.41) is 0.320. The predicted molar refractivity (Wildman–Crippen MR) is 72.6 cm³/mol. The molecule has 0 aliphatic rings. The molecule has 0 saturated heterocycles. The minimum absolute atomic E-state index is 0.0341. The number of hydrogen-bond donors (Lipinski definition) is 0. The normalized spacial score (nSPS) is 10.3. The van der Waals surface area contributed by atoms with E-state index in [9.17, 15) is 9.18 Å². The number of halogens is 2. The van der Waals surface area contributed by atoms with Gasteiger partial charge in [-0.1, -0.05) is 17.7 Å². The van der Waals surface area contributed by atoms with E-state index in [2.05, 4.69) is 0 Å². The van der Waals surface area contributed by atoms with Crippen LogP contribution in [-0.4, -0.2) is 12.9 Å². The van der Waals surface area contributed by atoms with Crippen LogP contribution in [0.25, 0.3) is 0 Å². The van der Waals surface area contributed by atoms with Gasteiger partial charge in [0.05, 0.1) is 17.7 Å². The highest BCUT2D eigenvalue weighted by atomic mass is 35.5. The largest absolute Gasteiger partial charge is 0.495 e. The summed E-state index contributed by atoms with van der Waals surface area (Å²) in [5.41, 5.74) is 1.13. The van der Waals surface area contributed by atoms with Gasteiger partial charge in [0, 0.05) is 5.56 Å². The van der Waals surface area contributed by atoms with Crippen LogP contribution in [0, 0.1) is 12.7 Å². The van der Waals surface area contributed by atoms with Gasteiger partial charge in [0.2, 0.25) is 0 Å². The third-order valence-electron chi connectivity index (χ3n) is 2.78. The molecule has 0 aliphatic carbocycles. The molecular weight excluding hydrogens is 267 g/mol. The Balaban J connectivity index is 2.41. The number of hydrogen-bond acceptors (Lipinski definition) is 2. The maximum atomic E-state index is 13.8. The zero-order chi connectivity index (χ0) is 14.0. The minimum atomic E-state index is -0.531. The van der Waals surface area contributed by atoms with E-state index >= 15 is 0 Å². The van der Waals surface area contributed by atoms with E-state index in [-0.39, 0.29) is 5.56 Å². The van der Waals surface area contributed by atoms with Crippen molar-refractivity contribution in [1.82, 2.24) is 0 Å². The van der Waals surface area contributed by atoms with E-state index in [1.54, 1.807) is 25.1 Å². The van der Waals surface area contributed by atoms with Gasteiger partial charge in [-0.15, -0.1) is 0 Å². The fourth-order valence-electron chi connectivity index (χ4n) is 1.77. The Labute approximate surface area is 115 Å². The molecule has 0 bridgehead atoms. The van der Waals surface area contributed by atoms with Crippen LogP contribution in [0.4, 0.5) is 4.39 Å². The lowest BCUT2D eigenvalue weighted by atomic mass is 10.0. The SMILES string of the molecule is COc1ccc(C(=O)c2ccc(C)cc2F)cc1Cl. The van der Waals surface area contributed by atoms with Crippen molar-refractivity contribution < 1.29 is 13.9 Å². The molecule has 2 nitrogen and oxygen atoms in total. The molecule has 2 rings (SSSR count). The van der Waals surface area contributed by atoms with Crippen molar-refractivity contribution >= 4 is 17.4 Å². The molecule has 0 fully saturated rings. The highest BCUT2D eigenvalue weighted by molar-refractivity contribution is 6.32. The lowest BCUT2D eigenvalue weighted by molar-refractivity contribution is 0.103. The molecule has 98 valence electrons. The van der Waals surface area contributed by atoms with Crippen molar-refractivity contribution in [2.45, 2.75) is 6.92 Å². The van der Waals surface area contributed by atoms with Crippen molar-refractivity contribution in [3.8, 4) is 5.75 Å². The van der Waals surface area contributed by atoms with E-state index in [0.29, 0.717) is 16.3 Å². The van der Waals surface area contributed by atoms with E-state index in [0.717, 1.165) is 5.56 Å². The first-order valence-electron chi connectivity index (χ1n) is 5.67. The van der Waals surface area contributed by atoms with Crippen molar-refractivity contribution in [2.24, 2.45) is 0 Å². The van der Waals surface area contributed by atoms with E-state index in [1.807, 2.05) is 0 Å². The molecule has 0 saturated carbocycles. The Bertz CT molecular complexity index is 638. The van der Waals surface area contributed by atoms with Gasteiger partial charge in [-0.2, -0.15) is 0 Å². The quantitative estimate of drug-likeness (QED) is 0.793. The Kier molecular flexibility index (Phi) is 3.86. The average molecular weight is 279 g/mol. The minimum Gasteiger partial charge on any atom is -0.495 e. The Morgan fingerprint density at radius 1 is 1.21 bits per heavy atom. The zero-order valence-electron chi connectivity index (χ0n) is 10.5. The molecule has 0 unspecified atom stereocenters. The van der Waals surface area contributed by atoms with Gasteiger partial charge >= 0.3 is 0 Å². The maximum Gasteiger partial charge on any atom is 0.196 e. The molecule has 0 aliphatic heterocycles. The van der Waals surface area contributed by atoms with Crippen LogP contribution in [0.15, 0.2) is 36.4 Å². The monoisotopic (exact) mass is 278 g/mol. The van der Waals surface area contributed by atoms with Crippen LogP contribution in [0.2, 0.25) is 5.02 Å². The van der Waals surface area contributed by atoms with Crippen molar-refractivity contribution in [3.63, 3.8) is 0 Å². The second-order valence-corrected chi connectivity index (χ2v) is 4.57. The highest BCUT2D eigenvalue weighted by Crippen LogP contribution is 2.26. The van der Waals surface area contributed by atoms with Crippen LogP contribution >= 0.6 is 11.6 Å². The summed E-state index contributed by atoms with van der Waals surface area (Å²) >= 11 is 5.96. The molecule has 2 aromatic carbocycles. The van der Waals surface area contributed by atoms with Gasteiger partial charge < -0.3 is 4.74 Å². The predicted octanol–water partition coefficient (Wildman–Crippen LogP) is 4.03. The smallest absolute Gasteiger partial charge is 0.196 e. The number of ketones is 1. The number of methoxy groups -OCH3 is 1. The first kappa shape index (κ1) is 13.6. The maximum absolute atomic E-state index is 13.8. The third-order valence-corrected chi connectivity index (χ3v) is 3.08. The first-order valence-corrected chi connectivity index (χ1v) is 6.05. The number of ether oxygens (including phenoxy) is 1. The van der Waals surface area contributed by atoms with Gasteiger partial charge in [0.25, 0.3) is 0 Å². The number of aryl methyl sites for hydroxylation is 1. The number of rotatable bonds is 3. The summed E-state index contributed by atoms with van der Waals surface area (Å²) < 4.78 is 18.8. The number of benzene rings is 2. The van der Waals surface area contributed by atoms with Crippen molar-refractivity contribution in [3.05, 3.63) is 63.9 Å². The highest BCUT2D eigenvalue weighted by Gasteiger charge is 2.15. The molecule has 0 atom stereocenters. The average Bonchev–Trinajstić information content (AvgIpc) is 2.38. The van der Waals surface area contributed by atoms with Crippen LogP contribution in [0.1, 0.15) is 21.5 Å². The van der Waals surface area contributed by atoms with Crippen LogP contribution < -0.4 is 4.74 Å². The Morgan fingerprint density at radius 2 is 1.95 bits per heavy atom. The summed E-state index contributed by atoms with van der Waals surface area (Å²) in [7, 11) is 1.49. The topological polar surface area (TPSA) is 26.3 Å². The lowest BCUT2D eigenvalue weighted by Crippen LogP contribution is -2.04. The molecule has 0 amide bonds. The fraction of sp³-hybridized carbons (Fsp3) is 0.133. The molecule has 4 heteroatoms. The van der Waals surface area contributed by atoms with Crippen LogP contribution in [0.3, 0.4) is 0 Å². The molecule has 2 aromatic rings.